The van der Waals surface area contributed by atoms with E-state index in [1.54, 1.807) is 0 Å². The van der Waals surface area contributed by atoms with Crippen molar-refractivity contribution < 1.29 is 4.74 Å². The van der Waals surface area contributed by atoms with Gasteiger partial charge < -0.3 is 10.1 Å². The van der Waals surface area contributed by atoms with Crippen molar-refractivity contribution in [3.05, 3.63) is 16.1 Å². The van der Waals surface area contributed by atoms with Crippen molar-refractivity contribution in [2.24, 2.45) is 0 Å². The van der Waals surface area contributed by atoms with E-state index < -0.39 is 0 Å². The van der Waals surface area contributed by atoms with Crippen LogP contribution in [0.15, 0.2) is 5.38 Å². The van der Waals surface area contributed by atoms with E-state index in [0.29, 0.717) is 24.2 Å². The van der Waals surface area contributed by atoms with Gasteiger partial charge in [0.25, 0.3) is 0 Å². The Hall–Kier alpha value is -0.450. The summed E-state index contributed by atoms with van der Waals surface area (Å²) in [7, 11) is 0. The van der Waals surface area contributed by atoms with Gasteiger partial charge in [0.1, 0.15) is 5.01 Å². The molecule has 0 spiro atoms. The summed E-state index contributed by atoms with van der Waals surface area (Å²) >= 11 is 1.83. The predicted octanol–water partition coefficient (Wildman–Crippen LogP) is 3.80. The number of hydrogen-bond acceptors (Lipinski definition) is 4. The minimum atomic E-state index is 0.0378. The number of thiazole rings is 1. The lowest BCUT2D eigenvalue weighted by molar-refractivity contribution is -0.0718. The highest BCUT2D eigenvalue weighted by atomic mass is 32.1. The van der Waals surface area contributed by atoms with Gasteiger partial charge in [-0.3, -0.25) is 0 Å². The number of nitrogens with zero attached hydrogens (tertiary/aromatic N) is 1. The van der Waals surface area contributed by atoms with Crippen LogP contribution in [-0.4, -0.2) is 23.2 Å². The zero-order valence-electron chi connectivity index (χ0n) is 13.0. The molecule has 2 atom stereocenters. The molecule has 2 fully saturated rings. The van der Waals surface area contributed by atoms with Gasteiger partial charge >= 0.3 is 0 Å². The van der Waals surface area contributed by atoms with Crippen LogP contribution in [0.2, 0.25) is 0 Å². The van der Waals surface area contributed by atoms with Crippen molar-refractivity contribution >= 4 is 11.3 Å². The van der Waals surface area contributed by atoms with Crippen molar-refractivity contribution in [1.82, 2.24) is 10.3 Å². The third-order valence-corrected chi connectivity index (χ3v) is 5.38. The molecule has 1 aliphatic carbocycles. The standard InChI is InChI=1S/C16H26N2OS/c1-10(2)14-9-20-15(17-14)16(18-13-5-6-13)7-11(3)19-12(4)8-16/h9-13,18H,5-8H2,1-4H3. The molecule has 1 aliphatic heterocycles. The maximum atomic E-state index is 5.96. The molecule has 1 aromatic rings. The summed E-state index contributed by atoms with van der Waals surface area (Å²) in [6.07, 6.45) is 5.31. The summed E-state index contributed by atoms with van der Waals surface area (Å²) in [4.78, 5) is 4.96. The third-order valence-electron chi connectivity index (χ3n) is 4.32. The second-order valence-corrected chi connectivity index (χ2v) is 7.76. The van der Waals surface area contributed by atoms with Gasteiger partial charge in [-0.05, 0) is 45.4 Å². The van der Waals surface area contributed by atoms with Gasteiger partial charge in [-0.25, -0.2) is 4.98 Å². The largest absolute Gasteiger partial charge is 0.375 e. The van der Waals surface area contributed by atoms with Crippen LogP contribution in [0.25, 0.3) is 0 Å². The summed E-state index contributed by atoms with van der Waals surface area (Å²) in [6, 6.07) is 0.693. The molecule has 1 N–H and O–H groups in total. The third kappa shape index (κ3) is 2.92. The van der Waals surface area contributed by atoms with Crippen LogP contribution in [-0.2, 0) is 10.3 Å². The van der Waals surface area contributed by atoms with E-state index in [0.717, 1.165) is 12.8 Å². The van der Waals surface area contributed by atoms with E-state index in [1.165, 1.54) is 23.5 Å². The lowest BCUT2D eigenvalue weighted by Gasteiger charge is -2.42. The molecule has 2 aliphatic rings. The second kappa shape index (κ2) is 5.39. The molecule has 2 heterocycles. The predicted molar refractivity (Wildman–Crippen MR) is 83.3 cm³/mol. The normalized spacial score (nSPS) is 34.6. The molecule has 0 aromatic carbocycles. The maximum absolute atomic E-state index is 5.96. The molecule has 3 nitrogen and oxygen atoms in total. The summed E-state index contributed by atoms with van der Waals surface area (Å²) in [5.41, 5.74) is 1.27. The minimum Gasteiger partial charge on any atom is -0.375 e. The van der Waals surface area contributed by atoms with Gasteiger partial charge in [-0.15, -0.1) is 11.3 Å². The van der Waals surface area contributed by atoms with Gasteiger partial charge in [0.2, 0.25) is 0 Å². The summed E-state index contributed by atoms with van der Waals surface area (Å²) < 4.78 is 5.96. The number of ether oxygens (including phenoxy) is 1. The molecular formula is C16H26N2OS. The lowest BCUT2D eigenvalue weighted by Crippen LogP contribution is -2.51. The van der Waals surface area contributed by atoms with Crippen LogP contribution < -0.4 is 5.32 Å². The molecule has 1 saturated carbocycles. The fraction of sp³-hybridized carbons (Fsp3) is 0.812. The number of aromatic nitrogens is 1. The SMILES string of the molecule is CC1CC(NC2CC2)(c2nc(C(C)C)cs2)CC(C)O1. The topological polar surface area (TPSA) is 34.2 Å². The van der Waals surface area contributed by atoms with E-state index in [4.69, 9.17) is 9.72 Å². The molecule has 0 radical (unpaired) electrons. The quantitative estimate of drug-likeness (QED) is 0.917. The Morgan fingerprint density at radius 3 is 2.45 bits per heavy atom. The molecule has 112 valence electrons. The van der Waals surface area contributed by atoms with Crippen LogP contribution in [0.3, 0.4) is 0 Å². The van der Waals surface area contributed by atoms with Crippen LogP contribution >= 0.6 is 11.3 Å². The fourth-order valence-corrected chi connectivity index (χ4v) is 4.47. The van der Waals surface area contributed by atoms with E-state index >= 15 is 0 Å². The van der Waals surface area contributed by atoms with E-state index in [-0.39, 0.29) is 5.54 Å². The number of rotatable bonds is 4. The summed E-state index contributed by atoms with van der Waals surface area (Å²) in [5, 5.41) is 7.41. The zero-order valence-corrected chi connectivity index (χ0v) is 13.8. The average Bonchev–Trinajstić information content (AvgIpc) is 3.00. The number of nitrogens with one attached hydrogen (secondary N) is 1. The highest BCUT2D eigenvalue weighted by Crippen LogP contribution is 2.42. The minimum absolute atomic E-state index is 0.0378. The van der Waals surface area contributed by atoms with Crippen LogP contribution in [0.5, 0.6) is 0 Å². The second-order valence-electron chi connectivity index (χ2n) is 6.90. The fourth-order valence-electron chi connectivity index (χ4n) is 3.30. The van der Waals surface area contributed by atoms with E-state index in [9.17, 15) is 0 Å². The highest BCUT2D eigenvalue weighted by Gasteiger charge is 2.45. The zero-order chi connectivity index (χ0) is 14.3. The highest BCUT2D eigenvalue weighted by molar-refractivity contribution is 7.09. The monoisotopic (exact) mass is 294 g/mol. The average molecular weight is 294 g/mol. The summed E-state index contributed by atoms with van der Waals surface area (Å²) in [6.45, 7) is 8.82. The molecule has 20 heavy (non-hydrogen) atoms. The lowest BCUT2D eigenvalue weighted by atomic mass is 9.84. The molecule has 0 bridgehead atoms. The van der Waals surface area contributed by atoms with Gasteiger partial charge in [0.05, 0.1) is 23.4 Å². The molecule has 1 saturated heterocycles. The molecule has 0 amide bonds. The van der Waals surface area contributed by atoms with Crippen molar-refractivity contribution in [2.45, 2.75) is 83.1 Å². The van der Waals surface area contributed by atoms with Crippen molar-refractivity contribution in [3.8, 4) is 0 Å². The Morgan fingerprint density at radius 2 is 1.95 bits per heavy atom. The molecule has 3 rings (SSSR count). The first-order valence-corrected chi connectivity index (χ1v) is 8.75. The first-order chi connectivity index (χ1) is 9.48. The molecule has 2 unspecified atom stereocenters. The molecule has 4 heteroatoms. The molecule has 1 aromatic heterocycles. The van der Waals surface area contributed by atoms with Crippen LogP contribution in [0.1, 0.15) is 70.0 Å². The van der Waals surface area contributed by atoms with Crippen LogP contribution in [0, 0.1) is 0 Å². The van der Waals surface area contributed by atoms with Gasteiger partial charge in [-0.1, -0.05) is 13.8 Å². The van der Waals surface area contributed by atoms with Gasteiger partial charge in [0.15, 0.2) is 0 Å². The van der Waals surface area contributed by atoms with Gasteiger partial charge in [-0.2, -0.15) is 0 Å². The Labute approximate surface area is 126 Å². The van der Waals surface area contributed by atoms with Crippen molar-refractivity contribution in [1.29, 1.82) is 0 Å². The first-order valence-electron chi connectivity index (χ1n) is 7.87. The summed E-state index contributed by atoms with van der Waals surface area (Å²) in [5.74, 6) is 0.507. The van der Waals surface area contributed by atoms with Crippen molar-refractivity contribution in [3.63, 3.8) is 0 Å². The Balaban J connectivity index is 1.90. The maximum Gasteiger partial charge on any atom is 0.113 e. The van der Waals surface area contributed by atoms with Crippen LogP contribution in [0.4, 0.5) is 0 Å². The van der Waals surface area contributed by atoms with E-state index in [2.05, 4.69) is 38.4 Å². The Bertz CT molecular complexity index is 451. The first kappa shape index (κ1) is 14.5. The Morgan fingerprint density at radius 1 is 1.30 bits per heavy atom. The number of hydrogen-bond donors (Lipinski definition) is 1. The van der Waals surface area contributed by atoms with E-state index in [1.807, 2.05) is 11.3 Å². The Kier molecular flexibility index (Phi) is 3.91. The van der Waals surface area contributed by atoms with Gasteiger partial charge in [0, 0.05) is 11.4 Å². The van der Waals surface area contributed by atoms with Crippen molar-refractivity contribution in [2.75, 3.05) is 0 Å². The smallest absolute Gasteiger partial charge is 0.113 e. The molecular weight excluding hydrogens is 268 g/mol.